The minimum absolute atomic E-state index is 0.0452. The first kappa shape index (κ1) is 27.8. The molecule has 6 nitrogen and oxygen atoms in total. The molecule has 6 rings (SSSR count). The van der Waals surface area contributed by atoms with Crippen molar-refractivity contribution in [2.75, 3.05) is 7.11 Å². The highest BCUT2D eigenvalue weighted by molar-refractivity contribution is 6.04. The van der Waals surface area contributed by atoms with Gasteiger partial charge in [0.1, 0.15) is 24.2 Å². The number of esters is 1. The van der Waals surface area contributed by atoms with Crippen molar-refractivity contribution in [2.45, 2.75) is 70.0 Å². The number of methoxy groups -OCH3 is 1. The zero-order chi connectivity index (χ0) is 29.1. The van der Waals surface area contributed by atoms with Crippen LogP contribution in [-0.2, 0) is 20.9 Å². The number of rotatable bonds is 8. The highest BCUT2D eigenvalue weighted by atomic mass is 16.5. The van der Waals surface area contributed by atoms with Gasteiger partial charge in [0, 0.05) is 29.3 Å². The summed E-state index contributed by atoms with van der Waals surface area (Å²) in [5.74, 6) is 0.787. The van der Waals surface area contributed by atoms with Gasteiger partial charge in [-0.2, -0.15) is 0 Å². The molecule has 0 spiro atoms. The Morgan fingerprint density at radius 1 is 0.857 bits per heavy atom. The maximum Gasteiger partial charge on any atom is 0.337 e. The summed E-state index contributed by atoms with van der Waals surface area (Å²) < 4.78 is 17.3. The number of carbonyl (C=O) groups is 2. The Morgan fingerprint density at radius 2 is 1.52 bits per heavy atom. The van der Waals surface area contributed by atoms with E-state index >= 15 is 0 Å². The number of benzene rings is 3. The molecule has 6 heteroatoms. The van der Waals surface area contributed by atoms with Gasteiger partial charge in [-0.3, -0.25) is 4.79 Å². The van der Waals surface area contributed by atoms with Crippen LogP contribution in [0, 0.1) is 0 Å². The number of ether oxygens (including phenoxy) is 3. The van der Waals surface area contributed by atoms with E-state index in [1.165, 1.54) is 0 Å². The normalized spacial score (nSPS) is 20.7. The standard InChI is InChI=1S/C36H37NO5/c1-23-33(36(39)42-30-10-6-7-11-30)34(26-14-18-29(19-15-26)41-22-24-8-4-3-5-9-24)35-31(37-23)20-27(21-32(35)38)25-12-16-28(40-2)17-13-25/h3-5,8-9,12-19,27,30,34,37H,6-7,10-11,20-22H2,1-2H3. The fourth-order valence-electron chi connectivity index (χ4n) is 6.47. The van der Waals surface area contributed by atoms with Crippen LogP contribution in [-0.4, -0.2) is 25.0 Å². The van der Waals surface area contributed by atoms with Crippen molar-refractivity contribution in [1.29, 1.82) is 0 Å². The van der Waals surface area contributed by atoms with Crippen LogP contribution in [0.4, 0.5) is 0 Å². The lowest BCUT2D eigenvalue weighted by Gasteiger charge is -2.37. The lowest BCUT2D eigenvalue weighted by Crippen LogP contribution is -2.36. The lowest BCUT2D eigenvalue weighted by molar-refractivity contribution is -0.144. The second-order valence-corrected chi connectivity index (χ2v) is 11.4. The maximum atomic E-state index is 13.9. The van der Waals surface area contributed by atoms with Gasteiger partial charge in [0.05, 0.1) is 12.7 Å². The molecule has 1 heterocycles. The molecule has 2 aliphatic carbocycles. The number of dihydropyridines is 1. The zero-order valence-corrected chi connectivity index (χ0v) is 24.2. The van der Waals surface area contributed by atoms with Crippen LogP contribution < -0.4 is 14.8 Å². The van der Waals surface area contributed by atoms with Crippen LogP contribution in [0.1, 0.15) is 74.0 Å². The fourth-order valence-corrected chi connectivity index (χ4v) is 6.47. The van der Waals surface area contributed by atoms with Crippen LogP contribution in [0.3, 0.4) is 0 Å². The van der Waals surface area contributed by atoms with Crippen molar-refractivity contribution in [1.82, 2.24) is 5.32 Å². The molecule has 0 amide bonds. The Kier molecular flexibility index (Phi) is 8.13. The summed E-state index contributed by atoms with van der Waals surface area (Å²) in [6, 6.07) is 25.7. The molecule has 1 N–H and O–H groups in total. The summed E-state index contributed by atoms with van der Waals surface area (Å²) in [6.07, 6.45) is 4.92. The number of allylic oxidation sites excluding steroid dienone is 3. The van der Waals surface area contributed by atoms with Crippen molar-refractivity contribution < 1.29 is 23.8 Å². The Labute approximate surface area is 247 Å². The number of hydrogen-bond acceptors (Lipinski definition) is 6. The summed E-state index contributed by atoms with van der Waals surface area (Å²) >= 11 is 0. The van der Waals surface area contributed by atoms with Gasteiger partial charge in [0.15, 0.2) is 5.78 Å². The largest absolute Gasteiger partial charge is 0.497 e. The Hall–Kier alpha value is -4.32. The molecule has 2 unspecified atom stereocenters. The minimum atomic E-state index is -0.498. The molecule has 1 aliphatic heterocycles. The third-order valence-corrected chi connectivity index (χ3v) is 8.67. The monoisotopic (exact) mass is 563 g/mol. The summed E-state index contributed by atoms with van der Waals surface area (Å²) in [5.41, 5.74) is 5.89. The average Bonchev–Trinajstić information content (AvgIpc) is 3.53. The Balaban J connectivity index is 1.31. The van der Waals surface area contributed by atoms with Gasteiger partial charge in [-0.05, 0) is 85.9 Å². The highest BCUT2D eigenvalue weighted by Crippen LogP contribution is 2.46. The van der Waals surface area contributed by atoms with Crippen LogP contribution in [0.25, 0.3) is 0 Å². The van der Waals surface area contributed by atoms with Crippen LogP contribution >= 0.6 is 0 Å². The van der Waals surface area contributed by atoms with Gasteiger partial charge in [0.2, 0.25) is 0 Å². The van der Waals surface area contributed by atoms with Crippen molar-refractivity contribution in [3.05, 3.63) is 118 Å². The Bertz CT molecular complexity index is 1500. The molecule has 3 aliphatic rings. The smallest absolute Gasteiger partial charge is 0.337 e. The van der Waals surface area contributed by atoms with E-state index < -0.39 is 5.92 Å². The predicted molar refractivity (Wildman–Crippen MR) is 161 cm³/mol. The second-order valence-electron chi connectivity index (χ2n) is 11.4. The molecule has 0 saturated heterocycles. The first-order valence-electron chi connectivity index (χ1n) is 14.9. The third-order valence-electron chi connectivity index (χ3n) is 8.67. The van der Waals surface area contributed by atoms with Crippen molar-refractivity contribution in [3.8, 4) is 11.5 Å². The van der Waals surface area contributed by atoms with Crippen LogP contribution in [0.2, 0.25) is 0 Å². The molecular weight excluding hydrogens is 526 g/mol. The van der Waals surface area contributed by atoms with E-state index in [0.717, 1.165) is 65.3 Å². The molecule has 2 atom stereocenters. The van der Waals surface area contributed by atoms with Crippen LogP contribution in [0.5, 0.6) is 11.5 Å². The van der Waals surface area contributed by atoms with Crippen molar-refractivity contribution >= 4 is 11.8 Å². The van der Waals surface area contributed by atoms with E-state index in [0.29, 0.717) is 30.6 Å². The van der Waals surface area contributed by atoms with E-state index in [1.807, 2.05) is 85.8 Å². The quantitative estimate of drug-likeness (QED) is 0.294. The van der Waals surface area contributed by atoms with Crippen LogP contribution in [0.15, 0.2) is 101 Å². The average molecular weight is 564 g/mol. The molecule has 0 bridgehead atoms. The molecule has 3 aromatic carbocycles. The zero-order valence-electron chi connectivity index (χ0n) is 24.2. The lowest BCUT2D eigenvalue weighted by atomic mass is 9.71. The minimum Gasteiger partial charge on any atom is -0.497 e. The Morgan fingerprint density at radius 3 is 2.21 bits per heavy atom. The van der Waals surface area contributed by atoms with Gasteiger partial charge < -0.3 is 19.5 Å². The van der Waals surface area contributed by atoms with Gasteiger partial charge in [-0.15, -0.1) is 0 Å². The molecular formula is C36H37NO5. The maximum absolute atomic E-state index is 13.9. The predicted octanol–water partition coefficient (Wildman–Crippen LogP) is 7.12. The summed E-state index contributed by atoms with van der Waals surface area (Å²) in [4.78, 5) is 27.7. The topological polar surface area (TPSA) is 73.9 Å². The molecule has 1 saturated carbocycles. The molecule has 0 aromatic heterocycles. The van der Waals surface area contributed by atoms with E-state index in [2.05, 4.69) is 5.32 Å². The second kappa shape index (κ2) is 12.3. The molecule has 3 aromatic rings. The number of ketones is 1. The van der Waals surface area contributed by atoms with Crippen molar-refractivity contribution in [3.63, 3.8) is 0 Å². The first-order valence-corrected chi connectivity index (χ1v) is 14.9. The van der Waals surface area contributed by atoms with Gasteiger partial charge >= 0.3 is 5.97 Å². The highest BCUT2D eigenvalue weighted by Gasteiger charge is 2.42. The molecule has 0 radical (unpaired) electrons. The van der Waals surface area contributed by atoms with E-state index in [4.69, 9.17) is 14.2 Å². The molecule has 42 heavy (non-hydrogen) atoms. The summed E-state index contributed by atoms with van der Waals surface area (Å²) in [5, 5.41) is 3.46. The number of carbonyl (C=O) groups excluding carboxylic acids is 2. The summed E-state index contributed by atoms with van der Waals surface area (Å²) in [6.45, 7) is 2.38. The van der Waals surface area contributed by atoms with Crippen molar-refractivity contribution in [2.24, 2.45) is 0 Å². The molecule has 216 valence electrons. The number of hydrogen-bond donors (Lipinski definition) is 1. The number of Topliss-reactive ketones (excluding diaryl/α,β-unsaturated/α-hetero) is 1. The van der Waals surface area contributed by atoms with Gasteiger partial charge in [-0.1, -0.05) is 54.6 Å². The SMILES string of the molecule is COc1ccc(C2CC(=O)C3=C(C2)NC(C)=C(C(=O)OC2CCCC2)C3c2ccc(OCc3ccccc3)cc2)cc1. The van der Waals surface area contributed by atoms with Gasteiger partial charge in [-0.25, -0.2) is 4.79 Å². The van der Waals surface area contributed by atoms with Gasteiger partial charge in [0.25, 0.3) is 0 Å². The third kappa shape index (κ3) is 5.85. The first-order chi connectivity index (χ1) is 20.5. The van der Waals surface area contributed by atoms with E-state index in [9.17, 15) is 9.59 Å². The fraction of sp³-hybridized carbons (Fsp3) is 0.333. The van der Waals surface area contributed by atoms with E-state index in [1.54, 1.807) is 7.11 Å². The van der Waals surface area contributed by atoms with E-state index in [-0.39, 0.29) is 23.8 Å². The molecule has 1 fully saturated rings. The summed E-state index contributed by atoms with van der Waals surface area (Å²) in [7, 11) is 1.65. The number of nitrogens with one attached hydrogen (secondary N) is 1.